The average Bonchev–Trinajstić information content (AvgIpc) is 3.05. The van der Waals surface area contributed by atoms with E-state index in [4.69, 9.17) is 4.74 Å². The van der Waals surface area contributed by atoms with Crippen LogP contribution in [0.4, 0.5) is 5.69 Å². The maximum atomic E-state index is 14.0. The van der Waals surface area contributed by atoms with Crippen molar-refractivity contribution in [3.63, 3.8) is 0 Å². The van der Waals surface area contributed by atoms with Gasteiger partial charge in [-0.15, -0.1) is 0 Å². The van der Waals surface area contributed by atoms with E-state index in [1.807, 2.05) is 67.6 Å². The first kappa shape index (κ1) is 31.3. The number of anilines is 1. The van der Waals surface area contributed by atoms with Crippen molar-refractivity contribution in [3.05, 3.63) is 137 Å². The first-order valence-electron chi connectivity index (χ1n) is 15.1. The van der Waals surface area contributed by atoms with Crippen LogP contribution in [0.5, 0.6) is 0 Å². The molecule has 3 aromatic rings. The Morgan fingerprint density at radius 2 is 1.52 bits per heavy atom. The number of hydrogen-bond donors (Lipinski definition) is 2. The molecule has 0 amide bonds. The average molecular weight is 613 g/mol. The highest BCUT2D eigenvalue weighted by Gasteiger charge is 2.44. The number of rotatable bonds is 12. The lowest BCUT2D eigenvalue weighted by Gasteiger charge is -2.39. The Bertz CT molecular complexity index is 1600. The van der Waals surface area contributed by atoms with Gasteiger partial charge >= 0.3 is 5.97 Å². The monoisotopic (exact) mass is 612 g/mol. The van der Waals surface area contributed by atoms with E-state index in [-0.39, 0.29) is 17.8 Å². The van der Waals surface area contributed by atoms with Crippen molar-refractivity contribution >= 4 is 21.7 Å². The highest BCUT2D eigenvalue weighted by molar-refractivity contribution is 7.90. The molecule has 7 nitrogen and oxygen atoms in total. The first-order valence-corrected chi connectivity index (χ1v) is 16.7. The molecule has 0 saturated carbocycles. The molecule has 0 bridgehead atoms. The minimum absolute atomic E-state index is 0.0394. The molecule has 0 fully saturated rings. The van der Waals surface area contributed by atoms with Crippen LogP contribution in [0.2, 0.25) is 0 Å². The molecule has 44 heavy (non-hydrogen) atoms. The van der Waals surface area contributed by atoms with Gasteiger partial charge in [0.25, 0.3) is 0 Å². The molecule has 0 aromatic heterocycles. The third-order valence-corrected chi connectivity index (χ3v) is 10.2. The normalized spacial score (nSPS) is 18.7. The van der Waals surface area contributed by atoms with Crippen molar-refractivity contribution in [2.24, 2.45) is 0 Å². The smallest absolute Gasteiger partial charge is 0.338 e. The molecule has 230 valence electrons. The van der Waals surface area contributed by atoms with Crippen LogP contribution in [-0.4, -0.2) is 37.5 Å². The second-order valence-corrected chi connectivity index (χ2v) is 13.4. The number of esters is 1. The van der Waals surface area contributed by atoms with Gasteiger partial charge in [0, 0.05) is 24.2 Å². The number of carbonyl (C=O) groups is 1. The van der Waals surface area contributed by atoms with E-state index in [1.54, 1.807) is 29.3 Å². The minimum atomic E-state index is -3.70. The molecular formula is C36H40N2O5S. The molecule has 2 N–H and O–H groups in total. The zero-order valence-corrected chi connectivity index (χ0v) is 26.0. The summed E-state index contributed by atoms with van der Waals surface area (Å²) in [5.41, 5.74) is 3.05. The summed E-state index contributed by atoms with van der Waals surface area (Å²) in [6.07, 6.45) is 10.1. The molecular weight excluding hydrogens is 572 g/mol. The maximum absolute atomic E-state index is 14.0. The molecule has 0 saturated heterocycles. The Hall–Kier alpha value is -4.14. The topological polar surface area (TPSA) is 95.9 Å². The van der Waals surface area contributed by atoms with E-state index in [1.165, 1.54) is 7.05 Å². The minimum Gasteiger partial charge on any atom is -0.512 e. The summed E-state index contributed by atoms with van der Waals surface area (Å²) in [5, 5.41) is 10.7. The Morgan fingerprint density at radius 3 is 2.09 bits per heavy atom. The third kappa shape index (κ3) is 6.82. The lowest BCUT2D eigenvalue weighted by molar-refractivity contribution is -0.161. The number of hydrogen-bond acceptors (Lipinski definition) is 6. The highest BCUT2D eigenvalue weighted by Crippen LogP contribution is 2.44. The van der Waals surface area contributed by atoms with Crippen LogP contribution >= 0.6 is 0 Å². The third-order valence-electron chi connectivity index (χ3n) is 8.61. The molecule has 8 heteroatoms. The number of ether oxygens (including phenoxy) is 1. The molecule has 3 aromatic carbocycles. The van der Waals surface area contributed by atoms with Gasteiger partial charge in [-0.1, -0.05) is 91.9 Å². The van der Waals surface area contributed by atoms with Gasteiger partial charge in [-0.3, -0.25) is 0 Å². The molecule has 2 unspecified atom stereocenters. The number of cyclic esters (lactones) is 1. The zero-order chi connectivity index (χ0) is 31.2. The van der Waals surface area contributed by atoms with E-state index in [2.05, 4.69) is 29.0 Å². The van der Waals surface area contributed by atoms with Crippen molar-refractivity contribution in [1.29, 1.82) is 0 Å². The molecule has 5 rings (SSSR count). The molecule has 0 aliphatic carbocycles. The van der Waals surface area contributed by atoms with Gasteiger partial charge in [0.05, 0.1) is 5.57 Å². The number of nitrogens with one attached hydrogen (secondary N) is 1. The van der Waals surface area contributed by atoms with E-state index in [0.717, 1.165) is 16.7 Å². The second kappa shape index (κ2) is 13.7. The summed E-state index contributed by atoms with van der Waals surface area (Å²) in [7, 11) is -2.31. The summed E-state index contributed by atoms with van der Waals surface area (Å²) < 4.78 is 34.7. The number of benzene rings is 3. The van der Waals surface area contributed by atoms with Crippen molar-refractivity contribution in [1.82, 2.24) is 4.72 Å². The number of aliphatic hydroxyl groups excluding tert-OH is 1. The van der Waals surface area contributed by atoms with E-state index in [0.29, 0.717) is 37.8 Å². The Labute approximate surface area is 260 Å². The van der Waals surface area contributed by atoms with Crippen LogP contribution in [-0.2, 0) is 32.4 Å². The first-order chi connectivity index (χ1) is 21.3. The van der Waals surface area contributed by atoms with Gasteiger partial charge in [0.15, 0.2) is 5.37 Å². The number of aliphatic hydroxyl groups is 1. The summed E-state index contributed by atoms with van der Waals surface area (Å²) in [6, 6.07) is 27.6. The fourth-order valence-corrected chi connectivity index (χ4v) is 7.28. The van der Waals surface area contributed by atoms with Gasteiger partial charge in [-0.25, -0.2) is 17.9 Å². The summed E-state index contributed by atoms with van der Waals surface area (Å²) in [5.74, 6) is -0.986. The van der Waals surface area contributed by atoms with Gasteiger partial charge < -0.3 is 14.7 Å². The number of para-hydroxylation sites is 1. The van der Waals surface area contributed by atoms with Crippen LogP contribution in [0, 0.1) is 0 Å². The molecule has 2 aliphatic heterocycles. The molecule has 0 radical (unpaired) electrons. The van der Waals surface area contributed by atoms with Crippen molar-refractivity contribution in [2.75, 3.05) is 11.9 Å². The molecule has 0 spiro atoms. The van der Waals surface area contributed by atoms with Crippen LogP contribution in [0.3, 0.4) is 0 Å². The Balaban J connectivity index is 1.49. The predicted octanol–water partition coefficient (Wildman–Crippen LogP) is 6.71. The number of carbonyl (C=O) groups excluding carboxylic acids is 1. The number of sulfonamides is 1. The van der Waals surface area contributed by atoms with Crippen LogP contribution in [0.15, 0.2) is 121 Å². The van der Waals surface area contributed by atoms with Crippen LogP contribution in [0.1, 0.15) is 55.2 Å². The predicted molar refractivity (Wildman–Crippen MR) is 175 cm³/mol. The van der Waals surface area contributed by atoms with E-state index >= 15 is 0 Å². The summed E-state index contributed by atoms with van der Waals surface area (Å²) in [6.45, 7) is 1.95. The molecule has 2 aliphatic rings. The van der Waals surface area contributed by atoms with Gasteiger partial charge in [0.1, 0.15) is 11.4 Å². The fraction of sp³-hybridized carbons (Fsp3) is 0.306. The van der Waals surface area contributed by atoms with Gasteiger partial charge in [0.2, 0.25) is 10.0 Å². The zero-order valence-electron chi connectivity index (χ0n) is 25.2. The quantitative estimate of drug-likeness (QED) is 0.221. The van der Waals surface area contributed by atoms with Crippen molar-refractivity contribution < 1.29 is 23.1 Å². The van der Waals surface area contributed by atoms with Crippen molar-refractivity contribution in [3.8, 4) is 0 Å². The van der Waals surface area contributed by atoms with Crippen molar-refractivity contribution in [2.45, 2.75) is 62.3 Å². The highest BCUT2D eigenvalue weighted by atomic mass is 32.2. The second-order valence-electron chi connectivity index (χ2n) is 11.4. The Kier molecular flexibility index (Phi) is 9.71. The summed E-state index contributed by atoms with van der Waals surface area (Å²) >= 11 is 0. The number of aryl methyl sites for hydroxylation is 2. The Morgan fingerprint density at radius 1 is 0.932 bits per heavy atom. The standard InChI is InChI=1S/C36H40N2O5S/c1-3-29(30-18-10-11-19-31(30)38-25-13-12-20-33(38)44(41,42)37-2)34-32(39)26-36(43-35(34)40,23-21-27-14-6-4-7-15-27)24-22-28-16-8-5-9-17-28/h4-20,25,29,33,37,39H,3,21-24,26H2,1-2H3. The molecule has 2 atom stereocenters. The number of nitrogens with zero attached hydrogens (tertiary/aromatic N) is 1. The lowest BCUT2D eigenvalue weighted by atomic mass is 9.79. The van der Waals surface area contributed by atoms with Gasteiger partial charge in [-0.05, 0) is 74.1 Å². The lowest BCUT2D eigenvalue weighted by Crippen LogP contribution is -2.43. The van der Waals surface area contributed by atoms with Crippen LogP contribution in [0.25, 0.3) is 0 Å². The fourth-order valence-electron chi connectivity index (χ4n) is 6.25. The maximum Gasteiger partial charge on any atom is 0.338 e. The molecule has 2 heterocycles. The summed E-state index contributed by atoms with van der Waals surface area (Å²) in [4.78, 5) is 15.7. The largest absolute Gasteiger partial charge is 0.512 e. The SMILES string of the molecule is CCC(C1=C(O)CC(CCc2ccccc2)(CCc2ccccc2)OC1=O)c1ccccc1N1C=CC=CC1S(=O)(=O)NC. The van der Waals surface area contributed by atoms with Crippen LogP contribution < -0.4 is 9.62 Å². The van der Waals surface area contributed by atoms with E-state index < -0.39 is 32.9 Å². The van der Waals surface area contributed by atoms with Gasteiger partial charge in [-0.2, -0.15) is 0 Å². The number of allylic oxidation sites excluding steroid dienone is 2. The van der Waals surface area contributed by atoms with E-state index in [9.17, 15) is 18.3 Å².